The normalized spacial score (nSPS) is 22.9. The van der Waals surface area contributed by atoms with Gasteiger partial charge in [-0.15, -0.1) is 0 Å². The smallest absolute Gasteiger partial charge is 0.323 e. The van der Waals surface area contributed by atoms with Crippen molar-refractivity contribution in [2.75, 3.05) is 69.8 Å². The summed E-state index contributed by atoms with van der Waals surface area (Å²) in [6, 6.07) is 14.1. The van der Waals surface area contributed by atoms with Crippen LogP contribution >= 0.6 is 0 Å². The maximum Gasteiger partial charge on any atom is 0.323 e. The third-order valence-corrected chi connectivity index (χ3v) is 7.75. The first-order chi connectivity index (χ1) is 20.0. The topological polar surface area (TPSA) is 135 Å². The molecule has 2 aromatic rings. The monoisotopic (exact) mass is 557 g/mol. The Bertz CT molecular complexity index is 1370. The molecule has 1 aliphatic carbocycles. The van der Waals surface area contributed by atoms with E-state index in [-0.39, 0.29) is 12.6 Å². The number of carbonyl (C=O) groups is 1. The first-order valence-corrected chi connectivity index (χ1v) is 14.0. The number of anilines is 2. The molecule has 6 rings (SSSR count). The lowest BCUT2D eigenvalue weighted by molar-refractivity contribution is 0.0413. The molecule has 3 aliphatic heterocycles. The number of amidine groups is 2. The van der Waals surface area contributed by atoms with Gasteiger partial charge in [0.05, 0.1) is 33.0 Å². The van der Waals surface area contributed by atoms with Crippen molar-refractivity contribution in [2.45, 2.75) is 18.6 Å². The fraction of sp³-hybridized carbons (Fsp3) is 0.400. The van der Waals surface area contributed by atoms with Gasteiger partial charge in [0.15, 0.2) is 11.7 Å². The number of amides is 2. The van der Waals surface area contributed by atoms with Gasteiger partial charge in [0.1, 0.15) is 11.3 Å². The molecule has 11 heteroatoms. The standard InChI is InChI=1S/C30H35N7O4/c31-26-28(37-11-15-41-16-12-37)34-27(35-30(26)17-22(18-30)19-36-9-13-40-14-10-36)23-3-7-25(8-4-23)33-29(39)32-24-5-1-21(20-38)2-6-24/h1-8,17,31,38H,9-16,18-20H2,(H2,32,33,39)/t30-/m1/s1. The van der Waals surface area contributed by atoms with Gasteiger partial charge in [0.2, 0.25) is 0 Å². The van der Waals surface area contributed by atoms with E-state index >= 15 is 0 Å². The fourth-order valence-corrected chi connectivity index (χ4v) is 5.48. The highest BCUT2D eigenvalue weighted by atomic mass is 16.5. The van der Waals surface area contributed by atoms with Crippen LogP contribution in [0.25, 0.3) is 0 Å². The summed E-state index contributed by atoms with van der Waals surface area (Å²) in [7, 11) is 0. The molecule has 214 valence electrons. The number of nitrogens with zero attached hydrogens (tertiary/aromatic N) is 4. The van der Waals surface area contributed by atoms with Crippen LogP contribution in [0.2, 0.25) is 0 Å². The van der Waals surface area contributed by atoms with E-state index < -0.39 is 5.54 Å². The maximum atomic E-state index is 12.5. The Morgan fingerprint density at radius 1 is 0.927 bits per heavy atom. The molecule has 41 heavy (non-hydrogen) atoms. The van der Waals surface area contributed by atoms with Crippen molar-refractivity contribution in [3.05, 3.63) is 71.3 Å². The zero-order valence-electron chi connectivity index (χ0n) is 22.9. The SMILES string of the molecule is N=C1C(N2CCOCC2)=NC(c2ccc(NC(=O)Nc3ccc(CO)cc3)cc2)=N[C@@]12C=C(CN1CCOCC1)C2. The minimum atomic E-state index is -0.714. The van der Waals surface area contributed by atoms with Crippen LogP contribution in [0.5, 0.6) is 0 Å². The average molecular weight is 558 g/mol. The Labute approximate surface area is 239 Å². The van der Waals surface area contributed by atoms with Crippen molar-refractivity contribution in [3.63, 3.8) is 0 Å². The quantitative estimate of drug-likeness (QED) is 0.404. The van der Waals surface area contributed by atoms with E-state index in [9.17, 15) is 9.90 Å². The minimum absolute atomic E-state index is 0.0454. The summed E-state index contributed by atoms with van der Waals surface area (Å²) in [4.78, 5) is 26.9. The van der Waals surface area contributed by atoms with Crippen LogP contribution in [0.1, 0.15) is 17.5 Å². The number of aliphatic hydroxyl groups is 1. The number of carbonyl (C=O) groups excluding carboxylic acids is 1. The molecule has 0 bridgehead atoms. The van der Waals surface area contributed by atoms with E-state index in [0.29, 0.717) is 61.5 Å². The first kappa shape index (κ1) is 27.3. The molecule has 0 aromatic heterocycles. The molecule has 2 saturated heterocycles. The summed E-state index contributed by atoms with van der Waals surface area (Å²) >= 11 is 0. The summed E-state index contributed by atoms with van der Waals surface area (Å²) < 4.78 is 11.0. The number of aliphatic hydroxyl groups excluding tert-OH is 1. The van der Waals surface area contributed by atoms with Crippen molar-refractivity contribution in [2.24, 2.45) is 9.98 Å². The zero-order valence-corrected chi connectivity index (χ0v) is 22.9. The van der Waals surface area contributed by atoms with E-state index in [2.05, 4.69) is 26.5 Å². The molecule has 1 atom stereocenters. The highest BCUT2D eigenvalue weighted by Gasteiger charge is 2.47. The fourth-order valence-electron chi connectivity index (χ4n) is 5.48. The van der Waals surface area contributed by atoms with Gasteiger partial charge in [-0.05, 0) is 48.0 Å². The van der Waals surface area contributed by atoms with Crippen LogP contribution in [0, 0.1) is 5.41 Å². The summed E-state index contributed by atoms with van der Waals surface area (Å²) in [5, 5.41) is 23.9. The second-order valence-corrected chi connectivity index (χ2v) is 10.6. The Morgan fingerprint density at radius 2 is 1.51 bits per heavy atom. The molecular weight excluding hydrogens is 522 g/mol. The van der Waals surface area contributed by atoms with Gasteiger partial charge >= 0.3 is 6.03 Å². The van der Waals surface area contributed by atoms with Crippen LogP contribution in [0.3, 0.4) is 0 Å². The molecule has 1 spiro atoms. The molecule has 4 N–H and O–H groups in total. The molecule has 0 saturated carbocycles. The van der Waals surface area contributed by atoms with E-state index in [0.717, 1.165) is 44.0 Å². The maximum absolute atomic E-state index is 12.5. The minimum Gasteiger partial charge on any atom is -0.392 e. The van der Waals surface area contributed by atoms with Crippen molar-refractivity contribution in [1.82, 2.24) is 9.80 Å². The van der Waals surface area contributed by atoms with Crippen LogP contribution in [-0.2, 0) is 16.1 Å². The highest BCUT2D eigenvalue weighted by Crippen LogP contribution is 2.39. The Kier molecular flexibility index (Phi) is 7.93. The van der Waals surface area contributed by atoms with Crippen molar-refractivity contribution in [3.8, 4) is 0 Å². The van der Waals surface area contributed by atoms with Gasteiger partial charge in [-0.3, -0.25) is 10.3 Å². The van der Waals surface area contributed by atoms with Gasteiger partial charge in [-0.2, -0.15) is 0 Å². The first-order valence-electron chi connectivity index (χ1n) is 14.0. The van der Waals surface area contributed by atoms with Gasteiger partial charge in [0, 0.05) is 56.1 Å². The number of rotatable bonds is 6. The number of nitrogens with one attached hydrogen (secondary N) is 3. The second-order valence-electron chi connectivity index (χ2n) is 10.6. The lowest BCUT2D eigenvalue weighted by Crippen LogP contribution is -2.56. The van der Waals surface area contributed by atoms with Crippen LogP contribution < -0.4 is 10.6 Å². The second kappa shape index (κ2) is 11.9. The number of benzene rings is 2. The molecule has 4 aliphatic rings. The number of ether oxygens (including phenoxy) is 2. The summed E-state index contributed by atoms with van der Waals surface area (Å²) in [5.41, 5.74) is 3.88. The summed E-state index contributed by atoms with van der Waals surface area (Å²) in [5.74, 6) is 1.25. The molecule has 2 fully saturated rings. The number of hydrogen-bond donors (Lipinski definition) is 4. The zero-order chi connectivity index (χ0) is 28.2. The lowest BCUT2D eigenvalue weighted by Gasteiger charge is -2.43. The molecule has 2 aromatic carbocycles. The third-order valence-electron chi connectivity index (χ3n) is 7.75. The number of urea groups is 1. The average Bonchev–Trinajstić information content (AvgIpc) is 2.99. The predicted octanol–water partition coefficient (Wildman–Crippen LogP) is 2.73. The molecular formula is C30H35N7O4. The van der Waals surface area contributed by atoms with Crippen LogP contribution in [0.15, 0.2) is 70.2 Å². The Balaban J connectivity index is 1.19. The summed E-state index contributed by atoms with van der Waals surface area (Å²) in [6.45, 7) is 6.79. The van der Waals surface area contributed by atoms with Crippen molar-refractivity contribution in [1.29, 1.82) is 5.41 Å². The predicted molar refractivity (Wildman–Crippen MR) is 158 cm³/mol. The highest BCUT2D eigenvalue weighted by molar-refractivity contribution is 6.47. The molecule has 0 unspecified atom stereocenters. The Hall–Kier alpha value is -3.90. The van der Waals surface area contributed by atoms with Crippen molar-refractivity contribution >= 4 is 34.8 Å². The van der Waals surface area contributed by atoms with Crippen LogP contribution in [-0.4, -0.2) is 103 Å². The van der Waals surface area contributed by atoms with Crippen molar-refractivity contribution < 1.29 is 19.4 Å². The largest absolute Gasteiger partial charge is 0.392 e. The van der Waals surface area contributed by atoms with E-state index in [1.54, 1.807) is 24.3 Å². The molecule has 0 radical (unpaired) electrons. The summed E-state index contributed by atoms with van der Waals surface area (Å²) in [6.07, 6.45) is 2.85. The number of morpholine rings is 2. The van der Waals surface area contributed by atoms with Gasteiger partial charge in [0.25, 0.3) is 0 Å². The molecule has 11 nitrogen and oxygen atoms in total. The number of hydrogen-bond acceptors (Lipinski definition) is 9. The number of aliphatic imine (C=N–C) groups is 2. The van der Waals surface area contributed by atoms with E-state index in [4.69, 9.17) is 24.9 Å². The van der Waals surface area contributed by atoms with Gasteiger partial charge in [-0.25, -0.2) is 14.8 Å². The third kappa shape index (κ3) is 6.08. The van der Waals surface area contributed by atoms with E-state index in [1.165, 1.54) is 5.57 Å². The molecule has 2 amide bonds. The van der Waals surface area contributed by atoms with Crippen LogP contribution in [0.4, 0.5) is 16.2 Å². The molecule has 3 heterocycles. The Morgan fingerprint density at radius 3 is 2.12 bits per heavy atom. The lowest BCUT2D eigenvalue weighted by atomic mass is 9.74. The van der Waals surface area contributed by atoms with E-state index in [1.807, 2.05) is 24.3 Å². The van der Waals surface area contributed by atoms with Gasteiger partial charge < -0.3 is 30.1 Å². The van der Waals surface area contributed by atoms with Gasteiger partial charge in [-0.1, -0.05) is 17.7 Å².